The molecule has 1 aliphatic heterocycles. The molecule has 2 aliphatic rings. The van der Waals surface area contributed by atoms with Gasteiger partial charge in [0.2, 0.25) is 5.91 Å². The molecule has 2 rings (SSSR count). The summed E-state index contributed by atoms with van der Waals surface area (Å²) in [5.74, 6) is 1.42. The van der Waals surface area contributed by atoms with Gasteiger partial charge in [0.05, 0.1) is 0 Å². The molecule has 2 fully saturated rings. The Morgan fingerprint density at radius 1 is 1.44 bits per heavy atom. The molecule has 16 heavy (non-hydrogen) atoms. The lowest BCUT2D eigenvalue weighted by Crippen LogP contribution is -2.48. The van der Waals surface area contributed by atoms with Gasteiger partial charge in [-0.1, -0.05) is 6.92 Å². The van der Waals surface area contributed by atoms with E-state index in [1.54, 1.807) is 0 Å². The molecule has 1 aliphatic carbocycles. The Morgan fingerprint density at radius 3 is 2.88 bits per heavy atom. The van der Waals surface area contributed by atoms with E-state index in [2.05, 4.69) is 24.1 Å². The minimum Gasteiger partial charge on any atom is -0.338 e. The van der Waals surface area contributed by atoms with E-state index in [0.29, 0.717) is 29.7 Å². The maximum absolute atomic E-state index is 12.0. The van der Waals surface area contributed by atoms with Gasteiger partial charge in [0.1, 0.15) is 0 Å². The maximum atomic E-state index is 12.0. The first-order valence-corrected chi connectivity index (χ1v) is 7.38. The minimum absolute atomic E-state index is 0.327. The molecule has 0 aromatic rings. The Morgan fingerprint density at radius 2 is 2.19 bits per heavy atom. The van der Waals surface area contributed by atoms with Crippen molar-refractivity contribution >= 4 is 17.7 Å². The van der Waals surface area contributed by atoms with Gasteiger partial charge >= 0.3 is 0 Å². The normalized spacial score (nSPS) is 30.5. The van der Waals surface area contributed by atoms with Gasteiger partial charge < -0.3 is 10.2 Å². The first-order chi connectivity index (χ1) is 7.68. The van der Waals surface area contributed by atoms with Crippen LogP contribution in [-0.2, 0) is 4.79 Å². The molecule has 1 saturated carbocycles. The zero-order valence-corrected chi connectivity index (χ0v) is 11.1. The summed E-state index contributed by atoms with van der Waals surface area (Å²) in [4.78, 5) is 14.1. The first kappa shape index (κ1) is 12.2. The zero-order chi connectivity index (χ0) is 11.5. The summed E-state index contributed by atoms with van der Waals surface area (Å²) in [7, 11) is 0. The highest BCUT2D eigenvalue weighted by atomic mass is 32.2. The molecule has 0 bridgehead atoms. The van der Waals surface area contributed by atoms with Crippen molar-refractivity contribution < 1.29 is 4.79 Å². The highest BCUT2D eigenvalue weighted by molar-refractivity contribution is 8.00. The number of rotatable bonds is 4. The van der Waals surface area contributed by atoms with Gasteiger partial charge in [-0.15, -0.1) is 0 Å². The summed E-state index contributed by atoms with van der Waals surface area (Å²) in [5.41, 5.74) is 0. The molecule has 0 radical (unpaired) electrons. The number of nitrogens with one attached hydrogen (secondary N) is 1. The van der Waals surface area contributed by atoms with Crippen LogP contribution in [0.25, 0.3) is 0 Å². The predicted octanol–water partition coefficient (Wildman–Crippen LogP) is 1.48. The van der Waals surface area contributed by atoms with Gasteiger partial charge in [-0.05, 0) is 19.8 Å². The molecule has 1 N–H and O–H groups in total. The largest absolute Gasteiger partial charge is 0.338 e. The number of hydrogen-bond donors (Lipinski definition) is 1. The number of thioether (sulfide) groups is 1. The monoisotopic (exact) mass is 242 g/mol. The molecule has 92 valence electrons. The number of carbonyl (C=O) groups excluding carboxylic acids is 1. The molecule has 3 nitrogen and oxygen atoms in total. The summed E-state index contributed by atoms with van der Waals surface area (Å²) in [6.07, 6.45) is 3.25. The van der Waals surface area contributed by atoms with Crippen LogP contribution in [0.15, 0.2) is 0 Å². The molecule has 0 aromatic carbocycles. The van der Waals surface area contributed by atoms with Crippen LogP contribution in [0.5, 0.6) is 0 Å². The molecular formula is C12H22N2OS. The van der Waals surface area contributed by atoms with Crippen molar-refractivity contribution in [2.24, 2.45) is 0 Å². The van der Waals surface area contributed by atoms with Crippen molar-refractivity contribution in [2.45, 2.75) is 50.4 Å². The first-order valence-electron chi connectivity index (χ1n) is 6.33. The summed E-state index contributed by atoms with van der Waals surface area (Å²) in [5, 5.41) is 3.98. The van der Waals surface area contributed by atoms with Gasteiger partial charge in [-0.3, -0.25) is 4.79 Å². The Bertz CT molecular complexity index is 255. The van der Waals surface area contributed by atoms with Crippen LogP contribution in [0.2, 0.25) is 0 Å². The molecule has 2 atom stereocenters. The van der Waals surface area contributed by atoms with Crippen LogP contribution < -0.4 is 5.32 Å². The van der Waals surface area contributed by atoms with Crippen LogP contribution in [0.4, 0.5) is 0 Å². The summed E-state index contributed by atoms with van der Waals surface area (Å²) in [6, 6.07) is 1.10. The third-order valence-electron chi connectivity index (χ3n) is 3.55. The molecular weight excluding hydrogens is 220 g/mol. The topological polar surface area (TPSA) is 32.3 Å². The van der Waals surface area contributed by atoms with Gasteiger partial charge in [0.25, 0.3) is 0 Å². The van der Waals surface area contributed by atoms with Crippen molar-refractivity contribution in [3.63, 3.8) is 0 Å². The standard InChI is InChI=1S/C12H22N2OS/c1-9-10(2)16-8-7-14(9)12(15)5-6-13-11-3-4-11/h9-11,13H,3-8H2,1-2H3. The Kier molecular flexibility index (Phi) is 4.14. The second-order valence-corrected chi connectivity index (χ2v) is 6.37. The molecule has 1 saturated heterocycles. The van der Waals surface area contributed by atoms with Gasteiger partial charge in [0, 0.05) is 42.6 Å². The Labute approximate surface area is 102 Å². The van der Waals surface area contributed by atoms with Crippen molar-refractivity contribution in [3.05, 3.63) is 0 Å². The smallest absolute Gasteiger partial charge is 0.224 e. The zero-order valence-electron chi connectivity index (χ0n) is 10.2. The van der Waals surface area contributed by atoms with E-state index < -0.39 is 0 Å². The third kappa shape index (κ3) is 3.14. The van der Waals surface area contributed by atoms with Crippen molar-refractivity contribution in [2.75, 3.05) is 18.8 Å². The van der Waals surface area contributed by atoms with Gasteiger partial charge in [-0.25, -0.2) is 0 Å². The predicted molar refractivity (Wildman–Crippen MR) is 68.7 cm³/mol. The highest BCUT2D eigenvalue weighted by Crippen LogP contribution is 2.24. The fraction of sp³-hybridized carbons (Fsp3) is 0.917. The minimum atomic E-state index is 0.327. The molecule has 1 heterocycles. The van der Waals surface area contributed by atoms with Crippen molar-refractivity contribution in [1.82, 2.24) is 10.2 Å². The molecule has 0 spiro atoms. The van der Waals surface area contributed by atoms with E-state index in [9.17, 15) is 4.79 Å². The van der Waals surface area contributed by atoms with E-state index in [0.717, 1.165) is 18.8 Å². The molecule has 4 heteroatoms. The summed E-state index contributed by atoms with van der Waals surface area (Å²) >= 11 is 1.98. The molecule has 1 amide bonds. The van der Waals surface area contributed by atoms with E-state index in [-0.39, 0.29) is 0 Å². The average molecular weight is 242 g/mol. The SMILES string of the molecule is CC1SCCN(C(=O)CCNC2CC2)C1C. The van der Waals surface area contributed by atoms with Crippen LogP contribution >= 0.6 is 11.8 Å². The van der Waals surface area contributed by atoms with Crippen LogP contribution in [0.1, 0.15) is 33.1 Å². The van der Waals surface area contributed by atoms with Gasteiger partial charge in [-0.2, -0.15) is 11.8 Å². The van der Waals surface area contributed by atoms with E-state index in [1.807, 2.05) is 11.8 Å². The lowest BCUT2D eigenvalue weighted by molar-refractivity contribution is -0.132. The van der Waals surface area contributed by atoms with E-state index in [1.165, 1.54) is 12.8 Å². The fourth-order valence-corrected chi connectivity index (χ4v) is 3.20. The third-order valence-corrected chi connectivity index (χ3v) is 4.89. The van der Waals surface area contributed by atoms with E-state index in [4.69, 9.17) is 0 Å². The number of hydrogen-bond acceptors (Lipinski definition) is 3. The lowest BCUT2D eigenvalue weighted by Gasteiger charge is -2.37. The second kappa shape index (κ2) is 5.41. The Hall–Kier alpha value is -0.220. The molecule has 2 unspecified atom stereocenters. The van der Waals surface area contributed by atoms with Crippen LogP contribution in [0.3, 0.4) is 0 Å². The number of nitrogens with zero attached hydrogens (tertiary/aromatic N) is 1. The maximum Gasteiger partial charge on any atom is 0.224 e. The highest BCUT2D eigenvalue weighted by Gasteiger charge is 2.28. The second-order valence-electron chi connectivity index (χ2n) is 4.88. The van der Waals surface area contributed by atoms with Crippen molar-refractivity contribution in [3.8, 4) is 0 Å². The van der Waals surface area contributed by atoms with Crippen LogP contribution in [0, 0.1) is 0 Å². The van der Waals surface area contributed by atoms with Gasteiger partial charge in [0.15, 0.2) is 0 Å². The number of amides is 1. The van der Waals surface area contributed by atoms with Crippen molar-refractivity contribution in [1.29, 1.82) is 0 Å². The Balaban J connectivity index is 1.73. The van der Waals surface area contributed by atoms with Crippen LogP contribution in [-0.4, -0.2) is 47.0 Å². The lowest BCUT2D eigenvalue weighted by atomic mass is 10.2. The van der Waals surface area contributed by atoms with E-state index >= 15 is 0 Å². The molecule has 0 aromatic heterocycles. The summed E-state index contributed by atoms with van der Waals surface area (Å²) < 4.78 is 0. The number of carbonyl (C=O) groups is 1. The summed E-state index contributed by atoms with van der Waals surface area (Å²) in [6.45, 7) is 6.17. The quantitative estimate of drug-likeness (QED) is 0.810. The average Bonchev–Trinajstić information content (AvgIpc) is 3.06. The fourth-order valence-electron chi connectivity index (χ4n) is 2.10.